The second-order valence-corrected chi connectivity index (χ2v) is 2.01. The van der Waals surface area contributed by atoms with Crippen molar-refractivity contribution in [1.29, 1.82) is 0 Å². The van der Waals surface area contributed by atoms with Gasteiger partial charge in [0.05, 0.1) is 4.91 Å². The Hall–Kier alpha value is -1.64. The second-order valence-electron chi connectivity index (χ2n) is 2.01. The molecule has 1 rings (SSSR count). The lowest BCUT2D eigenvalue weighted by molar-refractivity contribution is -0.489. The quantitative estimate of drug-likeness (QED) is 0.388. The van der Waals surface area contributed by atoms with E-state index in [1.54, 1.807) is 18.2 Å². The highest BCUT2D eigenvalue weighted by molar-refractivity contribution is 5.46. The van der Waals surface area contributed by atoms with Crippen LogP contribution in [0.5, 0.6) is 0 Å². The van der Waals surface area contributed by atoms with Crippen molar-refractivity contribution in [2.24, 2.45) is 5.84 Å². The van der Waals surface area contributed by atoms with E-state index in [4.69, 9.17) is 5.84 Å². The molecule has 0 aliphatic rings. The fourth-order valence-corrected chi connectivity index (χ4v) is 0.670. The van der Waals surface area contributed by atoms with Crippen molar-refractivity contribution >= 4 is 6.08 Å². The summed E-state index contributed by atoms with van der Waals surface area (Å²) in [5.74, 6) is 4.82. The SMILES string of the molecule is N[N+](=O)C=Cc1c[c]ccc1. The lowest BCUT2D eigenvalue weighted by Crippen LogP contribution is -2.06. The molecule has 0 aromatic heterocycles. The largest absolute Gasteiger partial charge is 0.257 e. The Morgan fingerprint density at radius 2 is 2.45 bits per heavy atom. The van der Waals surface area contributed by atoms with Crippen molar-refractivity contribution in [3.05, 3.63) is 47.0 Å². The molecule has 0 amide bonds. The van der Waals surface area contributed by atoms with Gasteiger partial charge >= 0.3 is 0 Å². The second kappa shape index (κ2) is 3.51. The van der Waals surface area contributed by atoms with Crippen molar-refractivity contribution in [3.8, 4) is 0 Å². The van der Waals surface area contributed by atoms with E-state index in [-0.39, 0.29) is 4.87 Å². The van der Waals surface area contributed by atoms with Gasteiger partial charge in [-0.25, -0.2) is 0 Å². The molecule has 3 nitrogen and oxygen atoms in total. The van der Waals surface area contributed by atoms with Gasteiger partial charge in [-0.1, -0.05) is 18.2 Å². The summed E-state index contributed by atoms with van der Waals surface area (Å²) >= 11 is 0. The molecule has 2 N–H and O–H groups in total. The average Bonchev–Trinajstić information content (AvgIpc) is 2.03. The molecule has 0 spiro atoms. The van der Waals surface area contributed by atoms with E-state index >= 15 is 0 Å². The normalized spacial score (nSPS) is 10.2. The smallest absolute Gasteiger partial charge is 0.160 e. The molecular weight excluding hydrogens is 140 g/mol. The summed E-state index contributed by atoms with van der Waals surface area (Å²) < 4.78 is 0. The van der Waals surface area contributed by atoms with Gasteiger partial charge in [0.1, 0.15) is 4.87 Å². The molecule has 11 heavy (non-hydrogen) atoms. The average molecular weight is 148 g/mol. The lowest BCUT2D eigenvalue weighted by atomic mass is 10.2. The fourth-order valence-electron chi connectivity index (χ4n) is 0.670. The van der Waals surface area contributed by atoms with Crippen LogP contribution in [0.15, 0.2) is 30.5 Å². The molecule has 1 aromatic rings. The summed E-state index contributed by atoms with van der Waals surface area (Å²) in [6.45, 7) is 0. The predicted molar refractivity (Wildman–Crippen MR) is 42.1 cm³/mol. The zero-order valence-electron chi connectivity index (χ0n) is 5.90. The minimum absolute atomic E-state index is 0.257. The first-order valence-corrected chi connectivity index (χ1v) is 3.14. The highest BCUT2D eigenvalue weighted by Crippen LogP contribution is 1.99. The maximum absolute atomic E-state index is 10.2. The first-order chi connectivity index (χ1) is 5.29. The first-order valence-electron chi connectivity index (χ1n) is 3.14. The highest BCUT2D eigenvalue weighted by atomic mass is 16.3. The van der Waals surface area contributed by atoms with E-state index in [9.17, 15) is 4.91 Å². The topological polar surface area (TPSA) is 46.1 Å². The van der Waals surface area contributed by atoms with Crippen molar-refractivity contribution in [3.63, 3.8) is 0 Å². The molecule has 0 aliphatic carbocycles. The Balaban J connectivity index is 2.72. The van der Waals surface area contributed by atoms with Crippen LogP contribution in [0.25, 0.3) is 6.08 Å². The van der Waals surface area contributed by atoms with Gasteiger partial charge in [0.15, 0.2) is 0 Å². The highest BCUT2D eigenvalue weighted by Gasteiger charge is 1.89. The molecule has 0 aliphatic heterocycles. The monoisotopic (exact) mass is 148 g/mol. The molecule has 55 valence electrons. The molecule has 0 saturated carbocycles. The third-order valence-corrected chi connectivity index (χ3v) is 1.15. The van der Waals surface area contributed by atoms with Gasteiger partial charge in [-0.3, -0.25) is 0 Å². The summed E-state index contributed by atoms with van der Waals surface area (Å²) in [4.78, 5) is 10.5. The first kappa shape index (κ1) is 7.47. The van der Waals surface area contributed by atoms with Crippen molar-refractivity contribution in [1.82, 2.24) is 0 Å². The standard InChI is InChI=1S/C8H8N2O/c9-10(11)7-6-8-4-2-1-3-5-8/h1-2,4-7H,(H2,9,11)/q+1. The maximum Gasteiger partial charge on any atom is 0.257 e. The van der Waals surface area contributed by atoms with Crippen LogP contribution in [0.3, 0.4) is 0 Å². The van der Waals surface area contributed by atoms with E-state index in [1.165, 1.54) is 6.20 Å². The van der Waals surface area contributed by atoms with E-state index in [0.717, 1.165) is 5.56 Å². The maximum atomic E-state index is 10.2. The zero-order valence-corrected chi connectivity index (χ0v) is 5.90. The van der Waals surface area contributed by atoms with E-state index in [0.29, 0.717) is 0 Å². The minimum atomic E-state index is 0.257. The van der Waals surface area contributed by atoms with Crippen LogP contribution in [0.1, 0.15) is 5.56 Å². The number of hydrogen-bond acceptors (Lipinski definition) is 1. The summed E-state index contributed by atoms with van der Waals surface area (Å²) in [5, 5.41) is 0. The number of hydrazine groups is 1. The molecule has 3 heteroatoms. The molecule has 0 unspecified atom stereocenters. The summed E-state index contributed by atoms with van der Waals surface area (Å²) in [6, 6.07) is 10.1. The number of nitrogens with two attached hydrogens (primary N) is 1. The number of benzene rings is 1. The molecular formula is C8H8N2O+. The number of nitroso groups, excluding NO2 is 1. The van der Waals surface area contributed by atoms with Crippen LogP contribution in [0.2, 0.25) is 0 Å². The fraction of sp³-hybridized carbons (Fsp3) is 0. The van der Waals surface area contributed by atoms with Gasteiger partial charge in [0.25, 0.3) is 6.20 Å². The van der Waals surface area contributed by atoms with E-state index in [1.807, 2.05) is 12.1 Å². The van der Waals surface area contributed by atoms with Gasteiger partial charge in [-0.2, -0.15) is 5.84 Å². The zero-order chi connectivity index (χ0) is 8.10. The summed E-state index contributed by atoms with van der Waals surface area (Å²) in [7, 11) is 0. The third kappa shape index (κ3) is 2.62. The number of rotatable bonds is 2. The Kier molecular flexibility index (Phi) is 2.38. The molecule has 1 aromatic carbocycles. The third-order valence-electron chi connectivity index (χ3n) is 1.15. The molecule has 0 atom stereocenters. The van der Waals surface area contributed by atoms with Crippen molar-refractivity contribution in [2.45, 2.75) is 0 Å². The van der Waals surface area contributed by atoms with Gasteiger partial charge in [-0.05, 0) is 17.7 Å². The van der Waals surface area contributed by atoms with Crippen LogP contribution in [-0.4, -0.2) is 4.87 Å². The molecule has 0 fully saturated rings. The van der Waals surface area contributed by atoms with E-state index in [2.05, 4.69) is 6.07 Å². The molecule has 0 bridgehead atoms. The predicted octanol–water partition coefficient (Wildman–Crippen LogP) is 1.11. The summed E-state index contributed by atoms with van der Waals surface area (Å²) in [5.41, 5.74) is 0.902. The Bertz CT molecular complexity index is 267. The Morgan fingerprint density at radius 1 is 1.64 bits per heavy atom. The van der Waals surface area contributed by atoms with Gasteiger partial charge in [0.2, 0.25) is 0 Å². The summed E-state index contributed by atoms with van der Waals surface area (Å²) in [6.07, 6.45) is 2.85. The van der Waals surface area contributed by atoms with Crippen LogP contribution < -0.4 is 5.84 Å². The number of nitrogens with zero attached hydrogens (tertiary/aromatic N) is 1. The Morgan fingerprint density at radius 3 is 3.00 bits per heavy atom. The van der Waals surface area contributed by atoms with Gasteiger partial charge in [0, 0.05) is 6.08 Å². The van der Waals surface area contributed by atoms with Crippen molar-refractivity contribution in [2.75, 3.05) is 0 Å². The van der Waals surface area contributed by atoms with Crippen LogP contribution >= 0.6 is 0 Å². The van der Waals surface area contributed by atoms with Gasteiger partial charge < -0.3 is 0 Å². The minimum Gasteiger partial charge on any atom is -0.160 e. The van der Waals surface area contributed by atoms with Crippen LogP contribution in [-0.2, 0) is 0 Å². The van der Waals surface area contributed by atoms with E-state index < -0.39 is 0 Å². The van der Waals surface area contributed by atoms with Crippen LogP contribution in [0.4, 0.5) is 0 Å². The molecule has 0 saturated heterocycles. The Labute approximate surface area is 64.7 Å². The molecule has 0 heterocycles. The van der Waals surface area contributed by atoms with Crippen LogP contribution in [0, 0.1) is 11.0 Å². The molecule has 1 radical (unpaired) electrons. The van der Waals surface area contributed by atoms with Gasteiger partial charge in [-0.15, -0.1) is 0 Å². The van der Waals surface area contributed by atoms with Crippen molar-refractivity contribution < 1.29 is 4.87 Å². The lowest BCUT2D eigenvalue weighted by Gasteiger charge is -1.85. The number of hydrogen-bond donors (Lipinski definition) is 1.